The van der Waals surface area contributed by atoms with E-state index in [4.69, 9.17) is 22.3 Å². The fourth-order valence-corrected chi connectivity index (χ4v) is 4.63. The molecule has 1 aliphatic rings. The van der Waals surface area contributed by atoms with Gasteiger partial charge in [-0.2, -0.15) is 0 Å². The molecule has 5 rings (SSSR count). The summed E-state index contributed by atoms with van der Waals surface area (Å²) in [6.45, 7) is 2.65. The molecule has 4 aromatic rings. The van der Waals surface area contributed by atoms with Gasteiger partial charge in [-0.25, -0.2) is 13.8 Å². The number of benzene rings is 3. The van der Waals surface area contributed by atoms with Gasteiger partial charge in [0.1, 0.15) is 29.0 Å². The Morgan fingerprint density at radius 2 is 1.80 bits per heavy atom. The first-order valence-corrected chi connectivity index (χ1v) is 13.3. The lowest BCUT2D eigenvalue weighted by Crippen LogP contribution is -2.40. The second kappa shape index (κ2) is 11.8. The molecule has 2 heterocycles. The first kappa shape index (κ1) is 27.9. The summed E-state index contributed by atoms with van der Waals surface area (Å²) >= 11 is 5.85. The third-order valence-corrected chi connectivity index (χ3v) is 6.93. The Labute approximate surface area is 240 Å². The summed E-state index contributed by atoms with van der Waals surface area (Å²) in [6, 6.07) is 17.4. The highest BCUT2D eigenvalue weighted by Crippen LogP contribution is 2.34. The Morgan fingerprint density at radius 3 is 2.51 bits per heavy atom. The van der Waals surface area contributed by atoms with E-state index in [1.807, 2.05) is 4.57 Å². The minimum atomic E-state index is -0.582. The number of rotatable bonds is 7. The van der Waals surface area contributed by atoms with E-state index in [1.165, 1.54) is 24.3 Å². The largest absolute Gasteiger partial charge is 0.394 e. The van der Waals surface area contributed by atoms with Gasteiger partial charge >= 0.3 is 0 Å². The molecule has 8 nitrogen and oxygen atoms in total. The van der Waals surface area contributed by atoms with Crippen molar-refractivity contribution in [2.75, 3.05) is 17.2 Å². The van der Waals surface area contributed by atoms with Crippen LogP contribution in [0, 0.1) is 11.6 Å². The van der Waals surface area contributed by atoms with Crippen molar-refractivity contribution in [3.8, 4) is 11.3 Å². The van der Waals surface area contributed by atoms with Crippen molar-refractivity contribution in [1.82, 2.24) is 14.5 Å². The number of hydrogen-bond acceptors (Lipinski definition) is 5. The molecule has 0 bridgehead atoms. The Bertz CT molecular complexity index is 1650. The molecule has 210 valence electrons. The van der Waals surface area contributed by atoms with Crippen LogP contribution in [-0.4, -0.2) is 32.8 Å². The number of nitrogens with one attached hydrogen (secondary N) is 2. The van der Waals surface area contributed by atoms with Gasteiger partial charge in [0, 0.05) is 36.4 Å². The molecule has 0 aliphatic carbocycles. The van der Waals surface area contributed by atoms with E-state index < -0.39 is 11.6 Å². The van der Waals surface area contributed by atoms with E-state index in [0.717, 1.165) is 0 Å². The van der Waals surface area contributed by atoms with Gasteiger partial charge < -0.3 is 25.8 Å². The molecule has 0 saturated heterocycles. The number of carbonyl (C=O) groups excluding carboxylic acids is 2. The van der Waals surface area contributed by atoms with Crippen LogP contribution in [0.5, 0.6) is 0 Å². The molecule has 1 aromatic heterocycles. The maximum absolute atomic E-state index is 14.2. The summed E-state index contributed by atoms with van der Waals surface area (Å²) in [6.07, 6.45) is 1.95. The highest BCUT2D eigenvalue weighted by molar-refractivity contribution is 6.30. The Morgan fingerprint density at radius 1 is 1.05 bits per heavy atom. The maximum atomic E-state index is 14.2. The lowest BCUT2D eigenvalue weighted by atomic mass is 10.1. The number of hydrogen-bond donors (Lipinski definition) is 3. The zero-order valence-electron chi connectivity index (χ0n) is 22.1. The second-order valence-corrected chi connectivity index (χ2v) is 9.90. The molecule has 0 fully saturated rings. The van der Waals surface area contributed by atoms with Crippen LogP contribution < -0.4 is 16.4 Å². The molecule has 4 N–H and O–H groups in total. The van der Waals surface area contributed by atoms with Gasteiger partial charge in [-0.1, -0.05) is 42.8 Å². The zero-order chi connectivity index (χ0) is 29.1. The van der Waals surface area contributed by atoms with Crippen molar-refractivity contribution in [3.05, 3.63) is 100 Å². The lowest BCUT2D eigenvalue weighted by Gasteiger charge is -2.28. The van der Waals surface area contributed by atoms with Gasteiger partial charge in [-0.3, -0.25) is 9.59 Å². The summed E-state index contributed by atoms with van der Waals surface area (Å²) in [4.78, 5) is 31.2. The molecule has 0 spiro atoms. The Hall–Kier alpha value is -4.70. The summed E-state index contributed by atoms with van der Waals surface area (Å²) < 4.78 is 30.2. The lowest BCUT2D eigenvalue weighted by molar-refractivity contribution is -0.128. The van der Waals surface area contributed by atoms with Crippen LogP contribution in [0.15, 0.2) is 72.4 Å². The van der Waals surface area contributed by atoms with E-state index in [-0.39, 0.29) is 29.1 Å². The number of imidazole rings is 1. The van der Waals surface area contributed by atoms with Crippen molar-refractivity contribution in [2.45, 2.75) is 26.4 Å². The summed E-state index contributed by atoms with van der Waals surface area (Å²) in [5.41, 5.74) is 9.03. The summed E-state index contributed by atoms with van der Waals surface area (Å²) in [5.74, 6) is -0.355. The van der Waals surface area contributed by atoms with Gasteiger partial charge in [-0.05, 0) is 54.1 Å². The second-order valence-electron chi connectivity index (χ2n) is 9.49. The molecule has 1 aliphatic heterocycles. The van der Waals surface area contributed by atoms with Crippen LogP contribution >= 0.6 is 11.6 Å². The predicted molar refractivity (Wildman–Crippen MR) is 155 cm³/mol. The summed E-state index contributed by atoms with van der Waals surface area (Å²) in [7, 11) is 0. The summed E-state index contributed by atoms with van der Waals surface area (Å²) in [5, 5.41) is 5.97. The predicted octanol–water partition coefficient (Wildman–Crippen LogP) is 5.92. The first-order chi connectivity index (χ1) is 19.7. The standard InChI is InChI=1S/C30H27ClF2N6O2/c1-2-27(40)35-21-8-6-18(7-9-21)14-25(34)30(41)38-12-13-39-26(17-38)37-28(19-4-3-5-20(32)15-19)29(39)36-22-10-11-23(31)24(33)16-22/h3-11,14-16,36H,2,12-13,17,34H2,1H3,(H,35,40)/b25-14-. The monoisotopic (exact) mass is 576 g/mol. The molecule has 11 heteroatoms. The number of carbonyl (C=O) groups is 2. The maximum Gasteiger partial charge on any atom is 0.270 e. The third-order valence-electron chi connectivity index (χ3n) is 6.62. The van der Waals surface area contributed by atoms with Crippen LogP contribution in [0.4, 0.5) is 26.0 Å². The number of amides is 2. The Kier molecular flexibility index (Phi) is 8.02. The number of fused-ring (bicyclic) bond motifs is 1. The highest BCUT2D eigenvalue weighted by Gasteiger charge is 2.28. The minimum absolute atomic E-state index is 0.00443. The van der Waals surface area contributed by atoms with E-state index in [0.29, 0.717) is 59.3 Å². The molecule has 3 aromatic carbocycles. The molecular formula is C30H27ClF2N6O2. The van der Waals surface area contributed by atoms with Gasteiger partial charge in [0.15, 0.2) is 0 Å². The SMILES string of the molecule is CCC(=O)Nc1ccc(/C=C(\N)C(=O)N2CCn3c(nc(-c4cccc(F)c4)c3Nc3ccc(Cl)c(F)c3)C2)cc1. The van der Waals surface area contributed by atoms with Crippen LogP contribution in [-0.2, 0) is 22.7 Å². The highest BCUT2D eigenvalue weighted by atomic mass is 35.5. The number of nitrogens with zero attached hydrogens (tertiary/aromatic N) is 3. The first-order valence-electron chi connectivity index (χ1n) is 13.0. The molecular weight excluding hydrogens is 550 g/mol. The van der Waals surface area contributed by atoms with Gasteiger partial charge in [0.2, 0.25) is 5.91 Å². The minimum Gasteiger partial charge on any atom is -0.394 e. The van der Waals surface area contributed by atoms with Crippen LogP contribution in [0.2, 0.25) is 5.02 Å². The quantitative estimate of drug-likeness (QED) is 0.237. The molecule has 0 radical (unpaired) electrons. The molecule has 2 amide bonds. The Balaban J connectivity index is 1.40. The zero-order valence-corrected chi connectivity index (χ0v) is 22.9. The van der Waals surface area contributed by atoms with Crippen LogP contribution in [0.3, 0.4) is 0 Å². The van der Waals surface area contributed by atoms with Gasteiger partial charge in [0.05, 0.1) is 17.3 Å². The van der Waals surface area contributed by atoms with Crippen molar-refractivity contribution < 1.29 is 18.4 Å². The third kappa shape index (κ3) is 6.22. The van der Waals surface area contributed by atoms with E-state index >= 15 is 0 Å². The van der Waals surface area contributed by atoms with Gasteiger partial charge in [0.25, 0.3) is 5.91 Å². The van der Waals surface area contributed by atoms with Crippen molar-refractivity contribution in [1.29, 1.82) is 0 Å². The fourth-order valence-electron chi connectivity index (χ4n) is 4.51. The number of halogens is 3. The molecule has 0 saturated carbocycles. The molecule has 0 atom stereocenters. The molecule has 41 heavy (non-hydrogen) atoms. The number of nitrogens with two attached hydrogens (primary N) is 1. The smallest absolute Gasteiger partial charge is 0.270 e. The normalized spacial score (nSPS) is 13.1. The van der Waals surface area contributed by atoms with Crippen molar-refractivity contribution in [2.24, 2.45) is 5.73 Å². The van der Waals surface area contributed by atoms with Gasteiger partial charge in [-0.15, -0.1) is 0 Å². The number of anilines is 3. The van der Waals surface area contributed by atoms with Crippen LogP contribution in [0.1, 0.15) is 24.7 Å². The van der Waals surface area contributed by atoms with Crippen molar-refractivity contribution in [3.63, 3.8) is 0 Å². The fraction of sp³-hybridized carbons (Fsp3) is 0.167. The average Bonchev–Trinajstić information content (AvgIpc) is 3.33. The topological polar surface area (TPSA) is 105 Å². The van der Waals surface area contributed by atoms with Crippen molar-refractivity contribution >= 4 is 46.7 Å². The van der Waals surface area contributed by atoms with E-state index in [1.54, 1.807) is 60.4 Å². The number of aromatic nitrogens is 2. The van der Waals surface area contributed by atoms with E-state index in [2.05, 4.69) is 10.6 Å². The average molecular weight is 577 g/mol. The van der Waals surface area contributed by atoms with E-state index in [9.17, 15) is 18.4 Å². The molecule has 0 unspecified atom stereocenters. The van der Waals surface area contributed by atoms with Crippen LogP contribution in [0.25, 0.3) is 17.3 Å².